The predicted octanol–water partition coefficient (Wildman–Crippen LogP) is 4.57. The quantitative estimate of drug-likeness (QED) is 0.738. The first-order chi connectivity index (χ1) is 8.33. The third kappa shape index (κ3) is 2.18. The summed E-state index contributed by atoms with van der Waals surface area (Å²) >= 11 is 5.08. The van der Waals surface area contributed by atoms with Gasteiger partial charge in [-0.1, -0.05) is 28.1 Å². The Bertz CT molecular complexity index is 611. The lowest BCUT2D eigenvalue weighted by molar-refractivity contribution is 1.34. The second-order valence-electron chi connectivity index (χ2n) is 3.63. The van der Waals surface area contributed by atoms with Crippen LogP contribution in [0.3, 0.4) is 0 Å². The molecular formula is C13H9BrN2S. The molecule has 0 saturated carbocycles. The molecule has 0 aliphatic rings. The maximum absolute atomic E-state index is 4.62. The molecule has 2 aromatic heterocycles. The number of thiazole rings is 1. The maximum atomic E-state index is 4.62. The van der Waals surface area contributed by atoms with Crippen LogP contribution in [0, 0.1) is 0 Å². The van der Waals surface area contributed by atoms with Crippen molar-refractivity contribution in [2.75, 3.05) is 0 Å². The summed E-state index contributed by atoms with van der Waals surface area (Å²) in [6, 6.07) is 12.2. The second-order valence-corrected chi connectivity index (χ2v) is 5.40. The van der Waals surface area contributed by atoms with Gasteiger partial charge < -0.3 is 4.98 Å². The first-order valence-corrected chi connectivity index (χ1v) is 6.85. The molecule has 1 N–H and O–H groups in total. The van der Waals surface area contributed by atoms with E-state index in [-0.39, 0.29) is 0 Å². The Morgan fingerprint density at radius 3 is 2.65 bits per heavy atom. The average molecular weight is 305 g/mol. The summed E-state index contributed by atoms with van der Waals surface area (Å²) in [4.78, 5) is 7.79. The highest BCUT2D eigenvalue weighted by Crippen LogP contribution is 2.28. The summed E-state index contributed by atoms with van der Waals surface area (Å²) in [7, 11) is 0. The van der Waals surface area contributed by atoms with E-state index in [9.17, 15) is 0 Å². The number of benzene rings is 1. The summed E-state index contributed by atoms with van der Waals surface area (Å²) in [6.45, 7) is 0. The zero-order chi connectivity index (χ0) is 11.7. The van der Waals surface area contributed by atoms with E-state index < -0.39 is 0 Å². The van der Waals surface area contributed by atoms with Crippen LogP contribution in [0.25, 0.3) is 22.0 Å². The van der Waals surface area contributed by atoms with Gasteiger partial charge in [-0.3, -0.25) is 0 Å². The molecule has 0 amide bonds. The fourth-order valence-electron chi connectivity index (χ4n) is 1.61. The minimum atomic E-state index is 1.02. The largest absolute Gasteiger partial charge is 0.359 e. The Morgan fingerprint density at radius 2 is 1.94 bits per heavy atom. The topological polar surface area (TPSA) is 28.7 Å². The fraction of sp³-hybridized carbons (Fsp3) is 0. The van der Waals surface area contributed by atoms with Gasteiger partial charge in [0.05, 0.1) is 11.4 Å². The summed E-state index contributed by atoms with van der Waals surface area (Å²) in [5.74, 6) is 0. The Kier molecular flexibility index (Phi) is 2.82. The lowest BCUT2D eigenvalue weighted by Crippen LogP contribution is -1.79. The number of aromatic nitrogens is 2. The van der Waals surface area contributed by atoms with Crippen LogP contribution >= 0.6 is 27.3 Å². The molecule has 0 aliphatic heterocycles. The minimum absolute atomic E-state index is 1.02. The standard InChI is InChI=1S/C13H9BrN2S/c14-10-5-3-9(4-6-10)12-8-17-13(16-12)11-2-1-7-15-11/h1-8,15H. The molecule has 0 saturated heterocycles. The maximum Gasteiger partial charge on any atom is 0.140 e. The first kappa shape index (κ1) is 10.7. The number of halogens is 1. The third-order valence-corrected chi connectivity index (χ3v) is 3.88. The van der Waals surface area contributed by atoms with Gasteiger partial charge >= 0.3 is 0 Å². The van der Waals surface area contributed by atoms with Crippen molar-refractivity contribution in [3.05, 3.63) is 52.4 Å². The summed E-state index contributed by atoms with van der Waals surface area (Å²) in [5.41, 5.74) is 3.23. The second kappa shape index (κ2) is 4.47. The summed E-state index contributed by atoms with van der Waals surface area (Å²) in [6.07, 6.45) is 1.91. The monoisotopic (exact) mass is 304 g/mol. The number of hydrogen-bond donors (Lipinski definition) is 1. The molecule has 0 atom stereocenters. The van der Waals surface area contributed by atoms with Crippen molar-refractivity contribution in [1.29, 1.82) is 0 Å². The van der Waals surface area contributed by atoms with Crippen molar-refractivity contribution in [2.45, 2.75) is 0 Å². The van der Waals surface area contributed by atoms with Crippen molar-refractivity contribution >= 4 is 27.3 Å². The van der Waals surface area contributed by atoms with E-state index in [0.717, 1.165) is 26.4 Å². The lowest BCUT2D eigenvalue weighted by Gasteiger charge is -1.96. The van der Waals surface area contributed by atoms with E-state index in [1.165, 1.54) is 0 Å². The zero-order valence-corrected chi connectivity index (χ0v) is 11.3. The Balaban J connectivity index is 1.98. The van der Waals surface area contributed by atoms with Gasteiger partial charge in [-0.15, -0.1) is 11.3 Å². The first-order valence-electron chi connectivity index (χ1n) is 5.18. The number of nitrogens with one attached hydrogen (secondary N) is 1. The van der Waals surface area contributed by atoms with Gasteiger partial charge in [0, 0.05) is 21.6 Å². The fourth-order valence-corrected chi connectivity index (χ4v) is 2.70. The highest BCUT2D eigenvalue weighted by molar-refractivity contribution is 9.10. The SMILES string of the molecule is Brc1ccc(-c2csc(-c3ccc[nH]3)n2)cc1. The van der Waals surface area contributed by atoms with Crippen molar-refractivity contribution in [3.63, 3.8) is 0 Å². The van der Waals surface area contributed by atoms with Crippen LogP contribution in [0.4, 0.5) is 0 Å². The molecule has 0 unspecified atom stereocenters. The van der Waals surface area contributed by atoms with Gasteiger partial charge in [-0.25, -0.2) is 4.98 Å². The van der Waals surface area contributed by atoms with E-state index in [0.29, 0.717) is 0 Å². The van der Waals surface area contributed by atoms with Crippen LogP contribution in [-0.4, -0.2) is 9.97 Å². The van der Waals surface area contributed by atoms with Gasteiger partial charge in [0.25, 0.3) is 0 Å². The Hall–Kier alpha value is -1.39. The van der Waals surface area contributed by atoms with Gasteiger partial charge in [0.15, 0.2) is 0 Å². The van der Waals surface area contributed by atoms with E-state index in [2.05, 4.69) is 43.4 Å². The van der Waals surface area contributed by atoms with Crippen molar-refractivity contribution in [1.82, 2.24) is 9.97 Å². The summed E-state index contributed by atoms with van der Waals surface area (Å²) < 4.78 is 1.08. The van der Waals surface area contributed by atoms with E-state index >= 15 is 0 Å². The van der Waals surface area contributed by atoms with Crippen LogP contribution < -0.4 is 0 Å². The molecule has 2 heterocycles. The molecule has 3 rings (SSSR count). The van der Waals surface area contributed by atoms with Crippen molar-refractivity contribution in [2.24, 2.45) is 0 Å². The highest BCUT2D eigenvalue weighted by atomic mass is 79.9. The molecule has 2 nitrogen and oxygen atoms in total. The molecule has 0 aliphatic carbocycles. The van der Waals surface area contributed by atoms with E-state index in [1.54, 1.807) is 11.3 Å². The van der Waals surface area contributed by atoms with Crippen LogP contribution in [0.15, 0.2) is 52.4 Å². The van der Waals surface area contributed by atoms with Crippen LogP contribution in [0.5, 0.6) is 0 Å². The normalized spacial score (nSPS) is 10.6. The van der Waals surface area contributed by atoms with Crippen molar-refractivity contribution in [3.8, 4) is 22.0 Å². The number of nitrogens with zero attached hydrogens (tertiary/aromatic N) is 1. The molecule has 17 heavy (non-hydrogen) atoms. The smallest absolute Gasteiger partial charge is 0.140 e. The molecule has 0 bridgehead atoms. The van der Waals surface area contributed by atoms with Crippen molar-refractivity contribution < 1.29 is 0 Å². The van der Waals surface area contributed by atoms with Gasteiger partial charge in [-0.2, -0.15) is 0 Å². The molecule has 3 aromatic rings. The number of H-pyrrole nitrogens is 1. The average Bonchev–Trinajstić information content (AvgIpc) is 3.00. The number of rotatable bonds is 2. The van der Waals surface area contributed by atoms with Gasteiger partial charge in [0.2, 0.25) is 0 Å². The van der Waals surface area contributed by atoms with Crippen LogP contribution in [0.2, 0.25) is 0 Å². The van der Waals surface area contributed by atoms with E-state index in [4.69, 9.17) is 0 Å². The molecule has 0 spiro atoms. The third-order valence-electron chi connectivity index (χ3n) is 2.47. The molecule has 0 radical (unpaired) electrons. The zero-order valence-electron chi connectivity index (χ0n) is 8.85. The molecule has 4 heteroatoms. The molecule has 1 aromatic carbocycles. The predicted molar refractivity (Wildman–Crippen MR) is 75.0 cm³/mol. The van der Waals surface area contributed by atoms with Gasteiger partial charge in [-0.05, 0) is 24.3 Å². The Morgan fingerprint density at radius 1 is 1.12 bits per heavy atom. The highest BCUT2D eigenvalue weighted by Gasteiger charge is 2.06. The van der Waals surface area contributed by atoms with E-state index in [1.807, 2.05) is 30.5 Å². The summed E-state index contributed by atoms with van der Waals surface area (Å²) in [5, 5.41) is 3.10. The lowest BCUT2D eigenvalue weighted by atomic mass is 10.2. The molecule has 84 valence electrons. The minimum Gasteiger partial charge on any atom is -0.359 e. The Labute approximate surface area is 111 Å². The number of aromatic amines is 1. The van der Waals surface area contributed by atoms with Crippen LogP contribution in [-0.2, 0) is 0 Å². The number of hydrogen-bond acceptors (Lipinski definition) is 2. The van der Waals surface area contributed by atoms with Gasteiger partial charge in [0.1, 0.15) is 5.01 Å². The van der Waals surface area contributed by atoms with Crippen LogP contribution in [0.1, 0.15) is 0 Å². The molecule has 0 fully saturated rings. The molecular weight excluding hydrogens is 296 g/mol.